The Morgan fingerprint density at radius 1 is 1.00 bits per heavy atom. The first-order chi connectivity index (χ1) is 12.5. The first kappa shape index (κ1) is 19.5. The van der Waals surface area contributed by atoms with Gasteiger partial charge < -0.3 is 20.1 Å². The quantitative estimate of drug-likeness (QED) is 0.583. The molecule has 5 nitrogen and oxygen atoms in total. The van der Waals surface area contributed by atoms with Crippen molar-refractivity contribution in [2.24, 2.45) is 4.99 Å². The molecule has 0 aromatic heterocycles. The summed E-state index contributed by atoms with van der Waals surface area (Å²) in [6, 6.07) is 8.92. The summed E-state index contributed by atoms with van der Waals surface area (Å²) in [4.78, 5) is 4.44. The highest BCUT2D eigenvalue weighted by molar-refractivity contribution is 5.93. The Hall–Kier alpha value is -2.83. The van der Waals surface area contributed by atoms with Gasteiger partial charge in [-0.25, -0.2) is 8.78 Å². The summed E-state index contributed by atoms with van der Waals surface area (Å²) in [5, 5.41) is 6.30. The standard InChI is InChI=1S/C19H23F2N3O2/c1-4-22-19(23-8-7-13-9-14(20)11-15(21)10-13)24-16-5-6-17(25-2)18(12-16)26-3/h5-6,9-12H,4,7-8H2,1-3H3,(H2,22,23,24). The second-order valence-electron chi connectivity index (χ2n) is 5.48. The van der Waals surface area contributed by atoms with Crippen LogP contribution in [-0.2, 0) is 6.42 Å². The van der Waals surface area contributed by atoms with Gasteiger partial charge in [-0.05, 0) is 43.2 Å². The molecule has 26 heavy (non-hydrogen) atoms. The van der Waals surface area contributed by atoms with Gasteiger partial charge in [0, 0.05) is 30.9 Å². The first-order valence-corrected chi connectivity index (χ1v) is 8.28. The molecule has 2 N–H and O–H groups in total. The third-order valence-corrected chi connectivity index (χ3v) is 3.58. The van der Waals surface area contributed by atoms with E-state index in [0.29, 0.717) is 42.5 Å². The molecule has 140 valence electrons. The van der Waals surface area contributed by atoms with Crippen LogP contribution < -0.4 is 20.1 Å². The molecule has 0 saturated carbocycles. The number of ether oxygens (including phenoxy) is 2. The predicted octanol–water partition coefficient (Wildman–Crippen LogP) is 3.60. The van der Waals surface area contributed by atoms with E-state index in [4.69, 9.17) is 9.47 Å². The lowest BCUT2D eigenvalue weighted by Crippen LogP contribution is -2.30. The smallest absolute Gasteiger partial charge is 0.195 e. The number of benzene rings is 2. The third-order valence-electron chi connectivity index (χ3n) is 3.58. The average molecular weight is 363 g/mol. The number of halogens is 2. The van der Waals surface area contributed by atoms with Gasteiger partial charge in [0.05, 0.1) is 14.2 Å². The normalized spacial score (nSPS) is 11.2. The van der Waals surface area contributed by atoms with E-state index in [-0.39, 0.29) is 0 Å². The van der Waals surface area contributed by atoms with Gasteiger partial charge in [0.2, 0.25) is 0 Å². The summed E-state index contributed by atoms with van der Waals surface area (Å²) >= 11 is 0. The average Bonchev–Trinajstić information content (AvgIpc) is 2.61. The van der Waals surface area contributed by atoms with Gasteiger partial charge >= 0.3 is 0 Å². The van der Waals surface area contributed by atoms with Crippen LogP contribution in [-0.4, -0.2) is 33.3 Å². The molecule has 0 aliphatic carbocycles. The molecule has 0 bridgehead atoms. The number of guanidine groups is 1. The highest BCUT2D eigenvalue weighted by Gasteiger charge is 2.06. The molecular formula is C19H23F2N3O2. The molecule has 2 rings (SSSR count). The van der Waals surface area contributed by atoms with E-state index in [0.717, 1.165) is 11.8 Å². The maximum absolute atomic E-state index is 13.2. The van der Waals surface area contributed by atoms with Crippen LogP contribution in [0.3, 0.4) is 0 Å². The van der Waals surface area contributed by atoms with Crippen LogP contribution in [0.15, 0.2) is 41.4 Å². The van der Waals surface area contributed by atoms with Crippen molar-refractivity contribution < 1.29 is 18.3 Å². The lowest BCUT2D eigenvalue weighted by atomic mass is 10.1. The Bertz CT molecular complexity index is 746. The zero-order chi connectivity index (χ0) is 18.9. The number of anilines is 1. The van der Waals surface area contributed by atoms with Gasteiger partial charge in [-0.2, -0.15) is 0 Å². The second-order valence-corrected chi connectivity index (χ2v) is 5.48. The van der Waals surface area contributed by atoms with Gasteiger partial charge in [0.15, 0.2) is 17.5 Å². The van der Waals surface area contributed by atoms with E-state index in [1.165, 1.54) is 12.1 Å². The highest BCUT2D eigenvalue weighted by atomic mass is 19.1. The van der Waals surface area contributed by atoms with Crippen molar-refractivity contribution >= 4 is 11.6 Å². The fourth-order valence-corrected chi connectivity index (χ4v) is 2.41. The van der Waals surface area contributed by atoms with Crippen LogP contribution in [0.5, 0.6) is 11.5 Å². The molecule has 0 amide bonds. The summed E-state index contributed by atoms with van der Waals surface area (Å²) in [6.45, 7) is 3.01. The van der Waals surface area contributed by atoms with E-state index >= 15 is 0 Å². The van der Waals surface area contributed by atoms with Crippen LogP contribution in [0.1, 0.15) is 12.5 Å². The second kappa shape index (κ2) is 9.60. The van der Waals surface area contributed by atoms with Crippen LogP contribution in [0.2, 0.25) is 0 Å². The minimum atomic E-state index is -0.584. The molecule has 0 saturated heterocycles. The largest absolute Gasteiger partial charge is 0.493 e. The topological polar surface area (TPSA) is 54.9 Å². The van der Waals surface area contributed by atoms with Gasteiger partial charge in [0.1, 0.15) is 11.6 Å². The Morgan fingerprint density at radius 3 is 2.31 bits per heavy atom. The predicted molar refractivity (Wildman–Crippen MR) is 99.2 cm³/mol. The highest BCUT2D eigenvalue weighted by Crippen LogP contribution is 2.29. The summed E-state index contributed by atoms with van der Waals surface area (Å²) in [5.74, 6) is 0.631. The van der Waals surface area contributed by atoms with Crippen LogP contribution in [0.25, 0.3) is 0 Å². The van der Waals surface area contributed by atoms with Crippen molar-refractivity contribution in [3.05, 3.63) is 53.6 Å². The molecule has 0 heterocycles. The molecule has 0 aliphatic heterocycles. The number of nitrogens with one attached hydrogen (secondary N) is 2. The van der Waals surface area contributed by atoms with Gasteiger partial charge in [-0.15, -0.1) is 0 Å². The molecule has 0 spiro atoms. The number of methoxy groups -OCH3 is 2. The van der Waals surface area contributed by atoms with Crippen LogP contribution in [0, 0.1) is 11.6 Å². The first-order valence-electron chi connectivity index (χ1n) is 8.28. The van der Waals surface area contributed by atoms with E-state index in [2.05, 4.69) is 15.6 Å². The Labute approximate surface area is 152 Å². The van der Waals surface area contributed by atoms with Gasteiger partial charge in [-0.3, -0.25) is 4.99 Å². The zero-order valence-corrected chi connectivity index (χ0v) is 15.1. The maximum atomic E-state index is 13.2. The van der Waals surface area contributed by atoms with Crippen molar-refractivity contribution in [3.8, 4) is 11.5 Å². The van der Waals surface area contributed by atoms with Crippen molar-refractivity contribution in [2.45, 2.75) is 13.3 Å². The number of aliphatic imine (C=N–C) groups is 1. The van der Waals surface area contributed by atoms with Crippen molar-refractivity contribution in [1.82, 2.24) is 5.32 Å². The Balaban J connectivity index is 2.06. The van der Waals surface area contributed by atoms with E-state index in [9.17, 15) is 8.78 Å². The van der Waals surface area contributed by atoms with E-state index < -0.39 is 11.6 Å². The maximum Gasteiger partial charge on any atom is 0.195 e. The lowest BCUT2D eigenvalue weighted by molar-refractivity contribution is 0.355. The molecule has 0 fully saturated rings. The Morgan fingerprint density at radius 2 is 1.69 bits per heavy atom. The molecule has 2 aromatic carbocycles. The molecule has 0 unspecified atom stereocenters. The monoisotopic (exact) mass is 363 g/mol. The number of hydrogen-bond acceptors (Lipinski definition) is 3. The van der Waals surface area contributed by atoms with E-state index in [1.54, 1.807) is 26.4 Å². The number of rotatable bonds is 7. The molecular weight excluding hydrogens is 340 g/mol. The summed E-state index contributed by atoms with van der Waals surface area (Å²) in [7, 11) is 3.14. The van der Waals surface area contributed by atoms with Crippen LogP contribution in [0.4, 0.5) is 14.5 Å². The third kappa shape index (κ3) is 5.61. The molecule has 7 heteroatoms. The fourth-order valence-electron chi connectivity index (χ4n) is 2.41. The molecule has 0 aliphatic rings. The lowest BCUT2D eigenvalue weighted by Gasteiger charge is -2.14. The number of nitrogens with zero attached hydrogens (tertiary/aromatic N) is 1. The van der Waals surface area contributed by atoms with Crippen molar-refractivity contribution in [1.29, 1.82) is 0 Å². The minimum Gasteiger partial charge on any atom is -0.493 e. The minimum absolute atomic E-state index is 0.380. The summed E-state index contributed by atoms with van der Waals surface area (Å²) in [6.07, 6.45) is 0.428. The number of hydrogen-bond donors (Lipinski definition) is 2. The molecule has 2 aromatic rings. The fraction of sp³-hybridized carbons (Fsp3) is 0.316. The van der Waals surface area contributed by atoms with E-state index in [1.807, 2.05) is 13.0 Å². The summed E-state index contributed by atoms with van der Waals surface area (Å²) < 4.78 is 37.0. The van der Waals surface area contributed by atoms with Gasteiger partial charge in [-0.1, -0.05) is 0 Å². The Kier molecular flexibility index (Phi) is 7.20. The van der Waals surface area contributed by atoms with Crippen molar-refractivity contribution in [3.63, 3.8) is 0 Å². The summed E-state index contributed by atoms with van der Waals surface area (Å²) in [5.41, 5.74) is 1.34. The molecule has 0 atom stereocenters. The molecule has 0 radical (unpaired) electrons. The zero-order valence-electron chi connectivity index (χ0n) is 15.1. The van der Waals surface area contributed by atoms with Crippen molar-refractivity contribution in [2.75, 3.05) is 32.6 Å². The van der Waals surface area contributed by atoms with Crippen LogP contribution >= 0.6 is 0 Å². The van der Waals surface area contributed by atoms with Gasteiger partial charge in [0.25, 0.3) is 0 Å². The SMILES string of the molecule is CCNC(=NCCc1cc(F)cc(F)c1)Nc1ccc(OC)c(OC)c1.